The van der Waals surface area contributed by atoms with E-state index in [1.807, 2.05) is 0 Å². The van der Waals surface area contributed by atoms with E-state index in [4.69, 9.17) is 0 Å². The van der Waals surface area contributed by atoms with Crippen molar-refractivity contribution in [3.63, 3.8) is 0 Å². The van der Waals surface area contributed by atoms with Gasteiger partial charge in [-0.05, 0) is 50.5 Å². The number of carbonyl (C=O) groups is 1. The normalized spacial score (nSPS) is 38.2. The molecule has 1 unspecified atom stereocenters. The van der Waals surface area contributed by atoms with Crippen LogP contribution in [0.2, 0.25) is 0 Å². The van der Waals surface area contributed by atoms with Crippen molar-refractivity contribution in [1.29, 1.82) is 0 Å². The summed E-state index contributed by atoms with van der Waals surface area (Å²) in [5, 5.41) is 9.57. The highest BCUT2D eigenvalue weighted by molar-refractivity contribution is 5.75. The van der Waals surface area contributed by atoms with Crippen LogP contribution in [0.5, 0.6) is 0 Å². The predicted molar refractivity (Wildman–Crippen MR) is 72.5 cm³/mol. The molecular weight excluding hydrogens is 226 g/mol. The number of nitrogens with zero attached hydrogens (tertiary/aromatic N) is 1. The largest absolute Gasteiger partial charge is 0.481 e. The number of rotatable bonds is 3. The Morgan fingerprint density at radius 3 is 2.33 bits per heavy atom. The van der Waals surface area contributed by atoms with Crippen LogP contribution in [-0.4, -0.2) is 35.1 Å². The molecule has 1 saturated heterocycles. The van der Waals surface area contributed by atoms with Crippen LogP contribution in [0.25, 0.3) is 0 Å². The van der Waals surface area contributed by atoms with E-state index in [2.05, 4.69) is 25.7 Å². The van der Waals surface area contributed by atoms with E-state index in [1.54, 1.807) is 0 Å². The first-order valence-corrected chi connectivity index (χ1v) is 7.43. The zero-order chi connectivity index (χ0) is 13.3. The summed E-state index contributed by atoms with van der Waals surface area (Å²) in [6, 6.07) is 0.640. The summed E-state index contributed by atoms with van der Waals surface area (Å²) in [5.74, 6) is 0.491. The molecular formula is C15H27NO2. The third-order valence-electron chi connectivity index (χ3n) is 5.36. The minimum atomic E-state index is -0.593. The fourth-order valence-electron chi connectivity index (χ4n) is 3.68. The minimum absolute atomic E-state index is 0.225. The molecule has 0 aromatic carbocycles. The third kappa shape index (κ3) is 2.42. The second-order valence-electron chi connectivity index (χ2n) is 6.75. The van der Waals surface area contributed by atoms with Crippen molar-refractivity contribution in [2.45, 2.75) is 58.9 Å². The summed E-state index contributed by atoms with van der Waals surface area (Å²) < 4.78 is 0. The second kappa shape index (κ2) is 5.20. The first-order chi connectivity index (χ1) is 8.45. The molecule has 3 nitrogen and oxygen atoms in total. The van der Waals surface area contributed by atoms with Crippen molar-refractivity contribution in [1.82, 2.24) is 4.90 Å². The summed E-state index contributed by atoms with van der Waals surface area (Å²) in [6.45, 7) is 8.18. The van der Waals surface area contributed by atoms with E-state index in [0.717, 1.165) is 25.4 Å². The topological polar surface area (TPSA) is 40.5 Å². The van der Waals surface area contributed by atoms with Crippen molar-refractivity contribution in [2.75, 3.05) is 13.1 Å². The number of hydrogen-bond acceptors (Lipinski definition) is 2. The van der Waals surface area contributed by atoms with E-state index in [9.17, 15) is 9.90 Å². The highest BCUT2D eigenvalue weighted by Gasteiger charge is 2.48. The zero-order valence-corrected chi connectivity index (χ0v) is 12.0. The molecule has 0 radical (unpaired) electrons. The average Bonchev–Trinajstić information content (AvgIpc) is 2.76. The van der Waals surface area contributed by atoms with Crippen LogP contribution in [-0.2, 0) is 4.79 Å². The molecule has 0 aromatic heterocycles. The summed E-state index contributed by atoms with van der Waals surface area (Å²) >= 11 is 0. The van der Waals surface area contributed by atoms with Crippen LogP contribution in [0.3, 0.4) is 0 Å². The highest BCUT2D eigenvalue weighted by atomic mass is 16.4. The molecule has 1 saturated carbocycles. The van der Waals surface area contributed by atoms with Gasteiger partial charge in [-0.2, -0.15) is 0 Å². The molecule has 18 heavy (non-hydrogen) atoms. The van der Waals surface area contributed by atoms with Crippen molar-refractivity contribution in [2.24, 2.45) is 17.3 Å². The zero-order valence-electron chi connectivity index (χ0n) is 12.0. The average molecular weight is 253 g/mol. The lowest BCUT2D eigenvalue weighted by Gasteiger charge is -2.35. The number of likely N-dealkylation sites (tertiary alicyclic amines) is 1. The Morgan fingerprint density at radius 1 is 1.28 bits per heavy atom. The first kappa shape index (κ1) is 13.9. The molecule has 104 valence electrons. The van der Waals surface area contributed by atoms with Gasteiger partial charge in [0.05, 0.1) is 5.41 Å². The van der Waals surface area contributed by atoms with E-state index in [1.165, 1.54) is 25.7 Å². The second-order valence-corrected chi connectivity index (χ2v) is 6.75. The standard InChI is InChI=1S/C15H27NO2/c1-11(2)15(14(17)18)8-9-16(10-15)13-6-4-12(3)5-7-13/h11-13H,4-10H2,1-3H3,(H,17,18). The van der Waals surface area contributed by atoms with Gasteiger partial charge in [-0.15, -0.1) is 0 Å². The number of aliphatic carboxylic acids is 1. The lowest BCUT2D eigenvalue weighted by Crippen LogP contribution is -2.42. The molecule has 1 atom stereocenters. The van der Waals surface area contributed by atoms with Gasteiger partial charge in [-0.25, -0.2) is 0 Å². The molecule has 1 heterocycles. The smallest absolute Gasteiger partial charge is 0.311 e. The van der Waals surface area contributed by atoms with Gasteiger partial charge in [0.1, 0.15) is 0 Å². The maximum atomic E-state index is 11.6. The summed E-state index contributed by atoms with van der Waals surface area (Å²) in [4.78, 5) is 14.1. The lowest BCUT2D eigenvalue weighted by molar-refractivity contribution is -0.151. The SMILES string of the molecule is CC1CCC(N2CCC(C(=O)O)(C(C)C)C2)CC1. The molecule has 2 rings (SSSR count). The maximum absolute atomic E-state index is 11.6. The van der Waals surface area contributed by atoms with Crippen molar-refractivity contribution in [3.8, 4) is 0 Å². The summed E-state index contributed by atoms with van der Waals surface area (Å²) in [6.07, 6.45) is 5.96. The van der Waals surface area contributed by atoms with Gasteiger partial charge in [0, 0.05) is 12.6 Å². The van der Waals surface area contributed by atoms with Crippen LogP contribution in [0, 0.1) is 17.3 Å². The van der Waals surface area contributed by atoms with Crippen molar-refractivity contribution < 1.29 is 9.90 Å². The minimum Gasteiger partial charge on any atom is -0.481 e. The molecule has 0 aromatic rings. The quantitative estimate of drug-likeness (QED) is 0.840. The first-order valence-electron chi connectivity index (χ1n) is 7.43. The Labute approximate surface area is 111 Å². The molecule has 2 fully saturated rings. The maximum Gasteiger partial charge on any atom is 0.311 e. The number of hydrogen-bond donors (Lipinski definition) is 1. The van der Waals surface area contributed by atoms with Gasteiger partial charge < -0.3 is 5.11 Å². The van der Waals surface area contributed by atoms with Crippen LogP contribution >= 0.6 is 0 Å². The van der Waals surface area contributed by atoms with Gasteiger partial charge in [-0.1, -0.05) is 20.8 Å². The van der Waals surface area contributed by atoms with Crippen molar-refractivity contribution >= 4 is 5.97 Å². The number of carboxylic acid groups (broad SMARTS) is 1. The molecule has 1 aliphatic carbocycles. The molecule has 1 aliphatic heterocycles. The monoisotopic (exact) mass is 253 g/mol. The van der Waals surface area contributed by atoms with Crippen LogP contribution < -0.4 is 0 Å². The third-order valence-corrected chi connectivity index (χ3v) is 5.36. The Morgan fingerprint density at radius 2 is 1.89 bits per heavy atom. The van der Waals surface area contributed by atoms with E-state index in [0.29, 0.717) is 6.04 Å². The predicted octanol–water partition coefficient (Wildman–Crippen LogP) is 3.00. The van der Waals surface area contributed by atoms with Gasteiger partial charge in [0.2, 0.25) is 0 Å². The highest BCUT2D eigenvalue weighted by Crippen LogP contribution is 2.41. The van der Waals surface area contributed by atoms with Crippen molar-refractivity contribution in [3.05, 3.63) is 0 Å². The Hall–Kier alpha value is -0.570. The number of carboxylic acids is 1. The van der Waals surface area contributed by atoms with E-state index in [-0.39, 0.29) is 5.92 Å². The van der Waals surface area contributed by atoms with E-state index >= 15 is 0 Å². The summed E-state index contributed by atoms with van der Waals surface area (Å²) in [7, 11) is 0. The molecule has 0 bridgehead atoms. The molecule has 1 N–H and O–H groups in total. The molecule has 0 amide bonds. The fraction of sp³-hybridized carbons (Fsp3) is 0.933. The molecule has 3 heteroatoms. The van der Waals surface area contributed by atoms with Gasteiger partial charge >= 0.3 is 5.97 Å². The Kier molecular flexibility index (Phi) is 4.00. The Balaban J connectivity index is 2.00. The van der Waals surface area contributed by atoms with E-state index < -0.39 is 11.4 Å². The molecule has 2 aliphatic rings. The van der Waals surface area contributed by atoms with Gasteiger partial charge in [0.25, 0.3) is 0 Å². The Bertz CT molecular complexity index is 308. The van der Waals surface area contributed by atoms with Crippen LogP contribution in [0.4, 0.5) is 0 Å². The van der Waals surface area contributed by atoms with Gasteiger partial charge in [-0.3, -0.25) is 9.69 Å². The summed E-state index contributed by atoms with van der Waals surface area (Å²) in [5.41, 5.74) is -0.497. The van der Waals surface area contributed by atoms with Crippen LogP contribution in [0.1, 0.15) is 52.9 Å². The van der Waals surface area contributed by atoms with Crippen LogP contribution in [0.15, 0.2) is 0 Å². The van der Waals surface area contributed by atoms with Gasteiger partial charge in [0.15, 0.2) is 0 Å². The lowest BCUT2D eigenvalue weighted by atomic mass is 9.76. The fourth-order valence-corrected chi connectivity index (χ4v) is 3.68. The molecule has 0 spiro atoms.